The normalized spacial score (nSPS) is 21.3. The van der Waals surface area contributed by atoms with Crippen LogP contribution in [0.2, 0.25) is 5.02 Å². The van der Waals surface area contributed by atoms with Gasteiger partial charge < -0.3 is 5.32 Å². The average molecular weight is 286 g/mol. The van der Waals surface area contributed by atoms with Crippen LogP contribution in [0, 0.1) is 0 Å². The first-order valence-electron chi connectivity index (χ1n) is 7.35. The molecule has 0 unspecified atom stereocenters. The summed E-state index contributed by atoms with van der Waals surface area (Å²) >= 11 is 5.93. The Morgan fingerprint density at radius 3 is 2.25 bits per heavy atom. The fourth-order valence-corrected chi connectivity index (χ4v) is 2.94. The van der Waals surface area contributed by atoms with Crippen LogP contribution in [0.1, 0.15) is 36.8 Å². The van der Waals surface area contributed by atoms with E-state index in [2.05, 4.69) is 48.6 Å². The standard InChI is InChI=1S/C18H20ClN/c1-2-13-3-9-17(10-4-13)20-18-11-15(12-18)14-5-7-16(19)8-6-14/h3-10,15,18,20H,2,11-12H2,1H3. The summed E-state index contributed by atoms with van der Waals surface area (Å²) in [7, 11) is 0. The minimum Gasteiger partial charge on any atom is -0.382 e. The molecule has 104 valence electrons. The van der Waals surface area contributed by atoms with Crippen LogP contribution in [0.3, 0.4) is 0 Å². The SMILES string of the molecule is CCc1ccc(NC2CC(c3ccc(Cl)cc3)C2)cc1. The van der Waals surface area contributed by atoms with Gasteiger partial charge in [-0.05, 0) is 60.6 Å². The van der Waals surface area contributed by atoms with Crippen LogP contribution in [0.5, 0.6) is 0 Å². The molecule has 1 fully saturated rings. The van der Waals surface area contributed by atoms with Crippen molar-refractivity contribution in [3.05, 3.63) is 64.7 Å². The Morgan fingerprint density at radius 1 is 1.00 bits per heavy atom. The van der Waals surface area contributed by atoms with Gasteiger partial charge in [-0.15, -0.1) is 0 Å². The summed E-state index contributed by atoms with van der Waals surface area (Å²) < 4.78 is 0. The van der Waals surface area contributed by atoms with E-state index in [1.54, 1.807) is 0 Å². The van der Waals surface area contributed by atoms with E-state index >= 15 is 0 Å². The molecule has 2 aromatic carbocycles. The fourth-order valence-electron chi connectivity index (χ4n) is 2.82. The molecule has 2 aromatic rings. The molecule has 2 heteroatoms. The van der Waals surface area contributed by atoms with Crippen molar-refractivity contribution in [2.75, 3.05) is 5.32 Å². The monoisotopic (exact) mass is 285 g/mol. The maximum Gasteiger partial charge on any atom is 0.0406 e. The minimum absolute atomic E-state index is 0.600. The van der Waals surface area contributed by atoms with Crippen LogP contribution in [-0.2, 0) is 6.42 Å². The first kappa shape index (κ1) is 13.5. The minimum atomic E-state index is 0.600. The van der Waals surface area contributed by atoms with Gasteiger partial charge in [0.25, 0.3) is 0 Å². The van der Waals surface area contributed by atoms with Gasteiger partial charge in [-0.3, -0.25) is 0 Å². The van der Waals surface area contributed by atoms with Gasteiger partial charge in [0.15, 0.2) is 0 Å². The van der Waals surface area contributed by atoms with Crippen LogP contribution in [0.4, 0.5) is 5.69 Å². The highest BCUT2D eigenvalue weighted by Crippen LogP contribution is 2.38. The largest absolute Gasteiger partial charge is 0.382 e. The number of nitrogens with one attached hydrogen (secondary N) is 1. The first-order chi connectivity index (χ1) is 9.74. The molecule has 3 rings (SSSR count). The number of hydrogen-bond acceptors (Lipinski definition) is 1. The Morgan fingerprint density at radius 2 is 1.65 bits per heavy atom. The van der Waals surface area contributed by atoms with Crippen molar-refractivity contribution in [3.63, 3.8) is 0 Å². The van der Waals surface area contributed by atoms with Crippen molar-refractivity contribution in [3.8, 4) is 0 Å². The highest BCUT2D eigenvalue weighted by atomic mass is 35.5. The molecule has 0 atom stereocenters. The van der Waals surface area contributed by atoms with E-state index in [0.717, 1.165) is 11.4 Å². The summed E-state index contributed by atoms with van der Waals surface area (Å²) in [6.07, 6.45) is 3.51. The van der Waals surface area contributed by atoms with Crippen LogP contribution in [0.25, 0.3) is 0 Å². The van der Waals surface area contributed by atoms with Crippen molar-refractivity contribution in [1.29, 1.82) is 0 Å². The number of hydrogen-bond donors (Lipinski definition) is 1. The van der Waals surface area contributed by atoms with E-state index in [0.29, 0.717) is 12.0 Å². The highest BCUT2D eigenvalue weighted by Gasteiger charge is 2.29. The lowest BCUT2D eigenvalue weighted by Gasteiger charge is -2.37. The van der Waals surface area contributed by atoms with Gasteiger partial charge in [-0.25, -0.2) is 0 Å². The van der Waals surface area contributed by atoms with Gasteiger partial charge in [-0.1, -0.05) is 42.8 Å². The van der Waals surface area contributed by atoms with Crippen molar-refractivity contribution in [2.45, 2.75) is 38.1 Å². The Bertz CT molecular complexity index is 553. The zero-order chi connectivity index (χ0) is 13.9. The summed E-state index contributed by atoms with van der Waals surface area (Å²) in [6, 6.07) is 17.7. The molecule has 1 saturated carbocycles. The summed E-state index contributed by atoms with van der Waals surface area (Å²) in [4.78, 5) is 0. The maximum absolute atomic E-state index is 5.93. The van der Waals surface area contributed by atoms with Crippen LogP contribution < -0.4 is 5.32 Å². The third-order valence-corrected chi connectivity index (χ3v) is 4.46. The van der Waals surface area contributed by atoms with E-state index in [-0.39, 0.29) is 0 Å². The molecule has 0 radical (unpaired) electrons. The Balaban J connectivity index is 1.53. The zero-order valence-corrected chi connectivity index (χ0v) is 12.5. The Hall–Kier alpha value is -1.47. The molecular weight excluding hydrogens is 266 g/mol. The van der Waals surface area contributed by atoms with E-state index < -0.39 is 0 Å². The van der Waals surface area contributed by atoms with Gasteiger partial charge in [0.05, 0.1) is 0 Å². The van der Waals surface area contributed by atoms with Crippen molar-refractivity contribution < 1.29 is 0 Å². The van der Waals surface area contributed by atoms with E-state index in [4.69, 9.17) is 11.6 Å². The third kappa shape index (κ3) is 2.99. The number of rotatable bonds is 4. The quantitative estimate of drug-likeness (QED) is 0.808. The van der Waals surface area contributed by atoms with E-state index in [9.17, 15) is 0 Å². The molecule has 0 bridgehead atoms. The van der Waals surface area contributed by atoms with Gasteiger partial charge >= 0.3 is 0 Å². The number of anilines is 1. The smallest absolute Gasteiger partial charge is 0.0406 e. The molecule has 1 aliphatic rings. The number of benzene rings is 2. The maximum atomic E-state index is 5.93. The molecule has 1 nitrogen and oxygen atoms in total. The molecule has 0 aliphatic heterocycles. The second-order valence-corrected chi connectivity index (χ2v) is 6.05. The van der Waals surface area contributed by atoms with Crippen LogP contribution >= 0.6 is 11.6 Å². The Labute approximate surface area is 126 Å². The second kappa shape index (κ2) is 5.88. The molecule has 0 heterocycles. The lowest BCUT2D eigenvalue weighted by molar-refractivity contribution is 0.374. The number of halogens is 1. The van der Waals surface area contributed by atoms with Gasteiger partial charge in [0, 0.05) is 16.8 Å². The Kier molecular flexibility index (Phi) is 3.98. The summed E-state index contributed by atoms with van der Waals surface area (Å²) in [5, 5.41) is 4.43. The second-order valence-electron chi connectivity index (χ2n) is 5.61. The topological polar surface area (TPSA) is 12.0 Å². The van der Waals surface area contributed by atoms with Crippen molar-refractivity contribution in [2.24, 2.45) is 0 Å². The molecule has 1 aliphatic carbocycles. The highest BCUT2D eigenvalue weighted by molar-refractivity contribution is 6.30. The molecule has 0 amide bonds. The third-order valence-electron chi connectivity index (χ3n) is 4.21. The van der Waals surface area contributed by atoms with Gasteiger partial charge in [0.1, 0.15) is 0 Å². The summed E-state index contributed by atoms with van der Waals surface area (Å²) in [6.45, 7) is 2.19. The fraction of sp³-hybridized carbons (Fsp3) is 0.333. The van der Waals surface area contributed by atoms with Crippen LogP contribution in [0.15, 0.2) is 48.5 Å². The zero-order valence-electron chi connectivity index (χ0n) is 11.8. The molecule has 0 saturated heterocycles. The molecule has 20 heavy (non-hydrogen) atoms. The van der Waals surface area contributed by atoms with Crippen molar-refractivity contribution >= 4 is 17.3 Å². The number of aryl methyl sites for hydroxylation is 1. The van der Waals surface area contributed by atoms with Gasteiger partial charge in [-0.2, -0.15) is 0 Å². The van der Waals surface area contributed by atoms with E-state index in [1.807, 2.05) is 12.1 Å². The predicted molar refractivity (Wildman–Crippen MR) is 86.7 cm³/mol. The summed E-state index contributed by atoms with van der Waals surface area (Å²) in [5.41, 5.74) is 4.04. The average Bonchev–Trinajstić information content (AvgIpc) is 2.44. The lowest BCUT2D eigenvalue weighted by atomic mass is 9.76. The van der Waals surface area contributed by atoms with Crippen LogP contribution in [-0.4, -0.2) is 6.04 Å². The lowest BCUT2D eigenvalue weighted by Crippen LogP contribution is -2.33. The first-order valence-corrected chi connectivity index (χ1v) is 7.73. The molecule has 1 N–H and O–H groups in total. The van der Waals surface area contributed by atoms with E-state index in [1.165, 1.54) is 29.7 Å². The molecular formula is C18H20ClN. The molecule has 0 aromatic heterocycles. The van der Waals surface area contributed by atoms with Crippen molar-refractivity contribution in [1.82, 2.24) is 0 Å². The predicted octanol–water partition coefficient (Wildman–Crippen LogP) is 5.26. The van der Waals surface area contributed by atoms with Gasteiger partial charge in [0.2, 0.25) is 0 Å². The molecule has 0 spiro atoms. The summed E-state index contributed by atoms with van der Waals surface area (Å²) in [5.74, 6) is 0.680.